The summed E-state index contributed by atoms with van der Waals surface area (Å²) in [6.45, 7) is 2.01. The van der Waals surface area contributed by atoms with Crippen molar-refractivity contribution < 1.29 is 23.0 Å². The summed E-state index contributed by atoms with van der Waals surface area (Å²) in [7, 11) is 1.56. The molecule has 1 N–H and O–H groups in total. The molecule has 2 aromatic heterocycles. The number of carbonyl (C=O) groups is 1. The monoisotopic (exact) mass is 534 g/mol. The molecule has 4 aromatic carbocycles. The van der Waals surface area contributed by atoms with Crippen LogP contribution < -0.4 is 4.74 Å². The number of benzene rings is 4. The summed E-state index contributed by atoms with van der Waals surface area (Å²) < 4.78 is 40.7. The number of hydrogen-bond donors (Lipinski definition) is 1. The van der Waals surface area contributed by atoms with Gasteiger partial charge in [-0.1, -0.05) is 42.5 Å². The van der Waals surface area contributed by atoms with Gasteiger partial charge in [0.05, 0.1) is 30.7 Å². The highest BCUT2D eigenvalue weighted by molar-refractivity contribution is 6.11. The fraction of sp³-hybridized carbons (Fsp3) is 0.0909. The lowest BCUT2D eigenvalue weighted by Crippen LogP contribution is -2.04. The smallest absolute Gasteiger partial charge is 0.338 e. The van der Waals surface area contributed by atoms with Crippen molar-refractivity contribution in [1.29, 1.82) is 0 Å². The second-order valence-electron chi connectivity index (χ2n) is 9.26. The number of halogens is 2. The van der Waals surface area contributed by atoms with Crippen LogP contribution in [0.4, 0.5) is 8.78 Å². The fourth-order valence-electron chi connectivity index (χ4n) is 5.11. The number of nitrogens with one attached hydrogen (secondary N) is 1. The van der Waals surface area contributed by atoms with E-state index in [0.717, 1.165) is 28.1 Å². The van der Waals surface area contributed by atoms with Gasteiger partial charge in [-0.2, -0.15) is 0 Å². The van der Waals surface area contributed by atoms with Gasteiger partial charge in [0.15, 0.2) is 5.82 Å². The number of aromatic amines is 1. The molecular weight excluding hydrogens is 510 g/mol. The third kappa shape index (κ3) is 4.35. The van der Waals surface area contributed by atoms with E-state index in [9.17, 15) is 9.18 Å². The number of esters is 1. The van der Waals surface area contributed by atoms with Crippen molar-refractivity contribution in [1.82, 2.24) is 9.97 Å². The molecule has 6 rings (SSSR count). The van der Waals surface area contributed by atoms with Crippen molar-refractivity contribution in [3.8, 4) is 39.4 Å². The Balaban J connectivity index is 1.70. The minimum absolute atomic E-state index is 0.0383. The van der Waals surface area contributed by atoms with Crippen LogP contribution in [0.25, 0.3) is 55.4 Å². The number of nitrogens with zero attached hydrogens (tertiary/aromatic N) is 1. The molecule has 0 aliphatic carbocycles. The highest BCUT2D eigenvalue weighted by Gasteiger charge is 2.22. The number of H-pyrrole nitrogens is 1. The molecular formula is C33H24F2N2O3. The lowest BCUT2D eigenvalue weighted by molar-refractivity contribution is 0.0526. The first kappa shape index (κ1) is 25.2. The fourth-order valence-corrected chi connectivity index (χ4v) is 5.11. The maximum atomic E-state index is 15.3. The second kappa shape index (κ2) is 10.3. The molecule has 0 aliphatic rings. The van der Waals surface area contributed by atoms with E-state index in [1.54, 1.807) is 38.3 Å². The van der Waals surface area contributed by atoms with Gasteiger partial charge in [0.25, 0.3) is 0 Å². The molecule has 2 heterocycles. The van der Waals surface area contributed by atoms with Crippen molar-refractivity contribution in [3.63, 3.8) is 0 Å². The molecule has 198 valence electrons. The number of para-hydroxylation sites is 2. The predicted molar refractivity (Wildman–Crippen MR) is 152 cm³/mol. The minimum Gasteiger partial charge on any atom is -0.496 e. The zero-order valence-corrected chi connectivity index (χ0v) is 21.8. The number of carbonyl (C=O) groups excluding carboxylic acids is 1. The topological polar surface area (TPSA) is 64.2 Å². The third-order valence-corrected chi connectivity index (χ3v) is 6.85. The molecule has 0 bridgehead atoms. The van der Waals surface area contributed by atoms with Crippen LogP contribution in [0.2, 0.25) is 0 Å². The number of rotatable bonds is 6. The molecule has 6 aromatic rings. The first-order valence-electron chi connectivity index (χ1n) is 12.8. The zero-order valence-electron chi connectivity index (χ0n) is 21.8. The molecule has 0 atom stereocenters. The van der Waals surface area contributed by atoms with Gasteiger partial charge in [0, 0.05) is 33.5 Å². The van der Waals surface area contributed by atoms with Gasteiger partial charge >= 0.3 is 5.97 Å². The second-order valence-corrected chi connectivity index (χ2v) is 9.26. The first-order valence-corrected chi connectivity index (χ1v) is 12.8. The minimum atomic E-state index is -0.765. The Kier molecular flexibility index (Phi) is 6.48. The Morgan fingerprint density at radius 2 is 1.68 bits per heavy atom. The average molecular weight is 535 g/mol. The van der Waals surface area contributed by atoms with E-state index in [4.69, 9.17) is 9.47 Å². The van der Waals surface area contributed by atoms with Gasteiger partial charge in [-0.3, -0.25) is 0 Å². The van der Waals surface area contributed by atoms with E-state index in [1.807, 2.05) is 54.6 Å². The summed E-state index contributed by atoms with van der Waals surface area (Å²) in [6, 6.07) is 26.1. The van der Waals surface area contributed by atoms with Gasteiger partial charge in [0.2, 0.25) is 0 Å². The maximum Gasteiger partial charge on any atom is 0.338 e. The van der Waals surface area contributed by atoms with E-state index >= 15 is 4.39 Å². The van der Waals surface area contributed by atoms with E-state index in [1.165, 1.54) is 6.07 Å². The molecule has 0 radical (unpaired) electrons. The van der Waals surface area contributed by atoms with Gasteiger partial charge < -0.3 is 14.5 Å². The van der Waals surface area contributed by atoms with Gasteiger partial charge in [-0.05, 0) is 60.5 Å². The number of pyridine rings is 1. The molecule has 0 fully saturated rings. The molecule has 40 heavy (non-hydrogen) atoms. The summed E-state index contributed by atoms with van der Waals surface area (Å²) in [6.07, 6.45) is 0. The lowest BCUT2D eigenvalue weighted by atomic mass is 9.93. The van der Waals surface area contributed by atoms with E-state index in [2.05, 4.69) is 9.97 Å². The van der Waals surface area contributed by atoms with E-state index < -0.39 is 17.6 Å². The quantitative estimate of drug-likeness (QED) is 0.219. The molecule has 0 amide bonds. The normalized spacial score (nSPS) is 11.2. The summed E-state index contributed by atoms with van der Waals surface area (Å²) in [4.78, 5) is 20.6. The Labute approximate surface area is 229 Å². The van der Waals surface area contributed by atoms with Crippen LogP contribution in [0.1, 0.15) is 17.3 Å². The molecule has 0 spiro atoms. The van der Waals surface area contributed by atoms with Crippen molar-refractivity contribution in [2.24, 2.45) is 0 Å². The van der Waals surface area contributed by atoms with E-state index in [-0.39, 0.29) is 12.1 Å². The summed E-state index contributed by atoms with van der Waals surface area (Å²) in [5.41, 5.74) is 5.13. The largest absolute Gasteiger partial charge is 0.496 e. The van der Waals surface area contributed by atoms with Crippen LogP contribution in [-0.4, -0.2) is 29.7 Å². The summed E-state index contributed by atoms with van der Waals surface area (Å²) in [5.74, 6) is -1.33. The Morgan fingerprint density at radius 3 is 2.50 bits per heavy atom. The Bertz CT molecular complexity index is 1910. The van der Waals surface area contributed by atoms with Crippen LogP contribution in [0.15, 0.2) is 91.0 Å². The van der Waals surface area contributed by atoms with Crippen LogP contribution in [0, 0.1) is 11.6 Å². The summed E-state index contributed by atoms with van der Waals surface area (Å²) >= 11 is 0. The summed E-state index contributed by atoms with van der Waals surface area (Å²) in [5, 5.41) is 1.17. The van der Waals surface area contributed by atoms with E-state index in [0.29, 0.717) is 39.2 Å². The maximum absolute atomic E-state index is 15.3. The molecule has 0 saturated heterocycles. The number of ether oxygens (including phenoxy) is 2. The van der Waals surface area contributed by atoms with Crippen molar-refractivity contribution in [2.75, 3.05) is 13.7 Å². The van der Waals surface area contributed by atoms with Crippen LogP contribution in [0.3, 0.4) is 0 Å². The number of aromatic nitrogens is 2. The number of methoxy groups -OCH3 is 1. The standard InChI is InChI=1S/C33H24F2N2O3/c1-3-40-33(38)20-10-8-9-19(15-20)31-30(23-12-4-6-13-27(23)36-31)24-18-28(22-11-5-7-14-29(22)39-2)37-32-25(24)16-21(34)17-26(32)35/h4-18,36H,3H2,1-2H3. The average Bonchev–Trinajstić information content (AvgIpc) is 3.36. The van der Waals surface area contributed by atoms with Crippen molar-refractivity contribution in [2.45, 2.75) is 6.92 Å². The first-order chi connectivity index (χ1) is 19.5. The SMILES string of the molecule is CCOC(=O)c1cccc(-c2[nH]c3ccccc3c2-c2cc(-c3ccccc3OC)nc3c(F)cc(F)cc23)c1. The third-order valence-electron chi connectivity index (χ3n) is 6.85. The lowest BCUT2D eigenvalue weighted by Gasteiger charge is -2.14. The van der Waals surface area contributed by atoms with Gasteiger partial charge in [-0.25, -0.2) is 18.6 Å². The number of hydrogen-bond acceptors (Lipinski definition) is 4. The van der Waals surface area contributed by atoms with Gasteiger partial charge in [0.1, 0.15) is 17.1 Å². The van der Waals surface area contributed by atoms with Crippen molar-refractivity contribution in [3.05, 3.63) is 108 Å². The molecule has 0 saturated carbocycles. The highest BCUT2D eigenvalue weighted by atomic mass is 19.1. The Morgan fingerprint density at radius 1 is 0.875 bits per heavy atom. The molecule has 5 nitrogen and oxygen atoms in total. The van der Waals surface area contributed by atoms with Crippen LogP contribution in [0.5, 0.6) is 5.75 Å². The van der Waals surface area contributed by atoms with Crippen LogP contribution >= 0.6 is 0 Å². The molecule has 0 aliphatic heterocycles. The van der Waals surface area contributed by atoms with Crippen LogP contribution in [-0.2, 0) is 4.74 Å². The predicted octanol–water partition coefficient (Wildman–Crippen LogP) is 8.18. The molecule has 7 heteroatoms. The van der Waals surface area contributed by atoms with Crippen molar-refractivity contribution >= 4 is 27.8 Å². The number of fused-ring (bicyclic) bond motifs is 2. The molecule has 0 unspecified atom stereocenters. The van der Waals surface area contributed by atoms with Gasteiger partial charge in [-0.15, -0.1) is 0 Å². The highest BCUT2D eigenvalue weighted by Crippen LogP contribution is 2.44. The Hall–Kier alpha value is -5.04. The zero-order chi connectivity index (χ0) is 27.8.